The molecule has 2 rings (SSSR count). The first-order valence-electron chi connectivity index (χ1n) is 6.45. The fraction of sp³-hybridized carbons (Fsp3) is 0.250. The molecule has 2 N–H and O–H groups in total. The van der Waals surface area contributed by atoms with Gasteiger partial charge in [-0.15, -0.1) is 13.2 Å². The summed E-state index contributed by atoms with van der Waals surface area (Å²) in [7, 11) is 0. The number of aryl methyl sites for hydroxylation is 1. The van der Waals surface area contributed by atoms with Crippen LogP contribution in [0.25, 0.3) is 0 Å². The third-order valence-electron chi connectivity index (χ3n) is 3.45. The number of ether oxygens (including phenoxy) is 1. The summed E-state index contributed by atoms with van der Waals surface area (Å²) in [5.74, 6) is -0.251. The quantitative estimate of drug-likeness (QED) is 0.918. The van der Waals surface area contributed by atoms with E-state index in [4.69, 9.17) is 5.73 Å². The average Bonchev–Trinajstić information content (AvgIpc) is 2.40. The van der Waals surface area contributed by atoms with Crippen molar-refractivity contribution in [3.8, 4) is 5.75 Å². The van der Waals surface area contributed by atoms with E-state index in [0.29, 0.717) is 0 Å². The van der Waals surface area contributed by atoms with E-state index in [-0.39, 0.29) is 11.8 Å². The normalized spacial score (nSPS) is 13.0. The minimum Gasteiger partial charge on any atom is -0.406 e. The van der Waals surface area contributed by atoms with Crippen molar-refractivity contribution < 1.29 is 17.9 Å². The fourth-order valence-electron chi connectivity index (χ4n) is 2.17. The van der Waals surface area contributed by atoms with Gasteiger partial charge in [-0.05, 0) is 48.2 Å². The van der Waals surface area contributed by atoms with E-state index in [0.717, 1.165) is 22.3 Å². The minimum absolute atomic E-state index is 0.251. The maximum Gasteiger partial charge on any atom is 0.573 e. The van der Waals surface area contributed by atoms with Crippen LogP contribution in [0.4, 0.5) is 13.2 Å². The lowest BCUT2D eigenvalue weighted by Gasteiger charge is -2.17. The molecule has 5 heteroatoms. The molecule has 21 heavy (non-hydrogen) atoms. The van der Waals surface area contributed by atoms with Gasteiger partial charge in [0.05, 0.1) is 6.04 Å². The molecule has 0 saturated carbocycles. The van der Waals surface area contributed by atoms with Crippen LogP contribution in [0.2, 0.25) is 0 Å². The van der Waals surface area contributed by atoms with Gasteiger partial charge in [0.2, 0.25) is 0 Å². The Labute approximate surface area is 121 Å². The fourth-order valence-corrected chi connectivity index (χ4v) is 2.17. The van der Waals surface area contributed by atoms with Crippen molar-refractivity contribution >= 4 is 0 Å². The van der Waals surface area contributed by atoms with Crippen LogP contribution in [0.1, 0.15) is 28.3 Å². The van der Waals surface area contributed by atoms with Crippen molar-refractivity contribution in [2.24, 2.45) is 5.73 Å². The minimum atomic E-state index is -4.68. The van der Waals surface area contributed by atoms with Crippen LogP contribution in [-0.4, -0.2) is 6.36 Å². The largest absolute Gasteiger partial charge is 0.573 e. The summed E-state index contributed by atoms with van der Waals surface area (Å²) in [6.07, 6.45) is -4.68. The Morgan fingerprint density at radius 1 is 1.00 bits per heavy atom. The van der Waals surface area contributed by atoms with E-state index >= 15 is 0 Å². The zero-order valence-electron chi connectivity index (χ0n) is 11.7. The SMILES string of the molecule is Cc1cccc(C(N)c2ccc(OC(F)(F)F)cc2)c1C. The zero-order valence-corrected chi connectivity index (χ0v) is 11.7. The summed E-state index contributed by atoms with van der Waals surface area (Å²) in [4.78, 5) is 0. The lowest BCUT2D eigenvalue weighted by atomic mass is 9.93. The summed E-state index contributed by atoms with van der Waals surface area (Å²) in [5.41, 5.74) is 10.1. The number of hydrogen-bond donors (Lipinski definition) is 1. The standard InChI is InChI=1S/C16H16F3NO/c1-10-4-3-5-14(11(10)2)15(20)12-6-8-13(9-7-12)21-16(17,18)19/h3-9,15H,20H2,1-2H3. The van der Waals surface area contributed by atoms with Crippen LogP contribution in [0, 0.1) is 13.8 Å². The Balaban J connectivity index is 2.24. The van der Waals surface area contributed by atoms with E-state index in [9.17, 15) is 13.2 Å². The molecule has 2 aromatic carbocycles. The predicted molar refractivity (Wildman–Crippen MR) is 75.1 cm³/mol. The van der Waals surface area contributed by atoms with E-state index in [1.165, 1.54) is 12.1 Å². The molecule has 0 amide bonds. The summed E-state index contributed by atoms with van der Waals surface area (Å²) in [6.45, 7) is 3.97. The Kier molecular flexibility index (Phi) is 4.23. The first-order chi connectivity index (χ1) is 9.78. The lowest BCUT2D eigenvalue weighted by Crippen LogP contribution is -2.17. The first kappa shape index (κ1) is 15.4. The molecule has 0 aliphatic heterocycles. The van der Waals surface area contributed by atoms with Crippen molar-refractivity contribution in [3.05, 3.63) is 64.7 Å². The van der Waals surface area contributed by atoms with Gasteiger partial charge in [-0.25, -0.2) is 0 Å². The number of halogens is 3. The molecule has 0 radical (unpaired) electrons. The average molecular weight is 295 g/mol. The zero-order chi connectivity index (χ0) is 15.6. The van der Waals surface area contributed by atoms with E-state index in [2.05, 4.69) is 4.74 Å². The summed E-state index contributed by atoms with van der Waals surface area (Å²) < 4.78 is 40.2. The van der Waals surface area contributed by atoms with Crippen LogP contribution in [0.3, 0.4) is 0 Å². The Hall–Kier alpha value is -2.01. The molecule has 0 heterocycles. The van der Waals surface area contributed by atoms with Crippen molar-refractivity contribution in [1.82, 2.24) is 0 Å². The molecule has 0 saturated heterocycles. The van der Waals surface area contributed by atoms with Gasteiger partial charge in [-0.1, -0.05) is 30.3 Å². The van der Waals surface area contributed by atoms with Crippen molar-refractivity contribution in [1.29, 1.82) is 0 Å². The first-order valence-corrected chi connectivity index (χ1v) is 6.45. The number of rotatable bonds is 3. The van der Waals surface area contributed by atoms with Gasteiger partial charge in [0.1, 0.15) is 5.75 Å². The molecule has 2 aromatic rings. The van der Waals surface area contributed by atoms with Gasteiger partial charge in [0.15, 0.2) is 0 Å². The maximum atomic E-state index is 12.1. The van der Waals surface area contributed by atoms with Crippen LogP contribution < -0.4 is 10.5 Å². The molecule has 0 spiro atoms. The topological polar surface area (TPSA) is 35.2 Å². The highest BCUT2D eigenvalue weighted by molar-refractivity contribution is 5.41. The second-order valence-electron chi connectivity index (χ2n) is 4.88. The lowest BCUT2D eigenvalue weighted by molar-refractivity contribution is -0.274. The molecule has 0 fully saturated rings. The van der Waals surface area contributed by atoms with Crippen molar-refractivity contribution in [3.63, 3.8) is 0 Å². The molecule has 112 valence electrons. The maximum absolute atomic E-state index is 12.1. The molecule has 0 bridgehead atoms. The molecular formula is C16H16F3NO. The van der Waals surface area contributed by atoms with Gasteiger partial charge in [0, 0.05) is 0 Å². The van der Waals surface area contributed by atoms with E-state index < -0.39 is 6.36 Å². The van der Waals surface area contributed by atoms with Crippen LogP contribution in [-0.2, 0) is 0 Å². The highest BCUT2D eigenvalue weighted by Crippen LogP contribution is 2.27. The van der Waals surface area contributed by atoms with Gasteiger partial charge < -0.3 is 10.5 Å². The van der Waals surface area contributed by atoms with Gasteiger partial charge in [-0.2, -0.15) is 0 Å². The molecule has 1 atom stereocenters. The number of alkyl halides is 3. The second kappa shape index (κ2) is 5.77. The molecule has 1 unspecified atom stereocenters. The predicted octanol–water partition coefficient (Wildman–Crippen LogP) is 4.25. The van der Waals surface area contributed by atoms with Crippen molar-refractivity contribution in [2.45, 2.75) is 26.3 Å². The summed E-state index contributed by atoms with van der Waals surface area (Å²) in [5, 5.41) is 0. The molecule has 0 aliphatic carbocycles. The number of nitrogens with two attached hydrogens (primary N) is 1. The summed E-state index contributed by atoms with van der Waals surface area (Å²) >= 11 is 0. The summed E-state index contributed by atoms with van der Waals surface area (Å²) in [6, 6.07) is 11.1. The van der Waals surface area contributed by atoms with Crippen LogP contribution in [0.5, 0.6) is 5.75 Å². The highest BCUT2D eigenvalue weighted by atomic mass is 19.4. The Morgan fingerprint density at radius 2 is 1.62 bits per heavy atom. The molecule has 0 aliphatic rings. The van der Waals surface area contributed by atoms with Crippen LogP contribution >= 0.6 is 0 Å². The van der Waals surface area contributed by atoms with Crippen LogP contribution in [0.15, 0.2) is 42.5 Å². The number of hydrogen-bond acceptors (Lipinski definition) is 2. The highest BCUT2D eigenvalue weighted by Gasteiger charge is 2.31. The van der Waals surface area contributed by atoms with Gasteiger partial charge in [0.25, 0.3) is 0 Å². The smallest absolute Gasteiger partial charge is 0.406 e. The van der Waals surface area contributed by atoms with Gasteiger partial charge >= 0.3 is 6.36 Å². The monoisotopic (exact) mass is 295 g/mol. The second-order valence-corrected chi connectivity index (χ2v) is 4.88. The third kappa shape index (κ3) is 3.76. The molecular weight excluding hydrogens is 279 g/mol. The van der Waals surface area contributed by atoms with E-state index in [1.54, 1.807) is 12.1 Å². The Bertz CT molecular complexity index is 620. The number of benzene rings is 2. The molecule has 2 nitrogen and oxygen atoms in total. The van der Waals surface area contributed by atoms with E-state index in [1.807, 2.05) is 32.0 Å². The van der Waals surface area contributed by atoms with Gasteiger partial charge in [-0.3, -0.25) is 0 Å². The Morgan fingerprint density at radius 3 is 2.19 bits per heavy atom. The molecule has 0 aromatic heterocycles. The third-order valence-corrected chi connectivity index (χ3v) is 3.45. The van der Waals surface area contributed by atoms with Crippen molar-refractivity contribution in [2.75, 3.05) is 0 Å².